The molecule has 2 aromatic heterocycles. The number of aromatic nitrogens is 2. The quantitative estimate of drug-likeness (QED) is 0.644. The van der Waals surface area contributed by atoms with Crippen molar-refractivity contribution >= 4 is 10.9 Å². The zero-order chi connectivity index (χ0) is 14.3. The maximum Gasteiger partial charge on any atom is 0.0798 e. The lowest BCUT2D eigenvalue weighted by molar-refractivity contribution is 1.13. The summed E-state index contributed by atoms with van der Waals surface area (Å²) < 4.78 is 0. The zero-order valence-electron chi connectivity index (χ0n) is 12.4. The van der Waals surface area contributed by atoms with Gasteiger partial charge < -0.3 is 0 Å². The molecule has 0 amide bonds. The van der Waals surface area contributed by atoms with Crippen molar-refractivity contribution in [3.63, 3.8) is 0 Å². The van der Waals surface area contributed by atoms with E-state index in [1.54, 1.807) is 0 Å². The van der Waals surface area contributed by atoms with Gasteiger partial charge in [0.15, 0.2) is 0 Å². The van der Waals surface area contributed by atoms with Gasteiger partial charge in [0.25, 0.3) is 0 Å². The summed E-state index contributed by atoms with van der Waals surface area (Å²) in [5.74, 6) is 0. The Labute approximate surface area is 119 Å². The van der Waals surface area contributed by atoms with Gasteiger partial charge in [-0.3, -0.25) is 9.97 Å². The van der Waals surface area contributed by atoms with Gasteiger partial charge in [0.05, 0.1) is 11.2 Å². The number of pyridine rings is 2. The van der Waals surface area contributed by atoms with Crippen molar-refractivity contribution in [3.8, 4) is 11.3 Å². The number of fused-ring (bicyclic) bond motifs is 1. The Kier molecular flexibility index (Phi) is 3.01. The molecule has 0 unspecified atom stereocenters. The number of hydrogen-bond acceptors (Lipinski definition) is 2. The first-order chi connectivity index (χ1) is 9.58. The first-order valence-corrected chi connectivity index (χ1v) is 6.87. The van der Waals surface area contributed by atoms with Crippen LogP contribution in [-0.4, -0.2) is 9.97 Å². The summed E-state index contributed by atoms with van der Waals surface area (Å²) in [4.78, 5) is 9.35. The van der Waals surface area contributed by atoms with Crippen LogP contribution in [0.5, 0.6) is 0 Å². The highest BCUT2D eigenvalue weighted by Crippen LogP contribution is 2.30. The summed E-state index contributed by atoms with van der Waals surface area (Å²) in [7, 11) is 0. The van der Waals surface area contributed by atoms with Crippen LogP contribution >= 0.6 is 0 Å². The molecule has 0 bridgehead atoms. The Morgan fingerprint density at radius 3 is 2.45 bits per heavy atom. The Balaban J connectivity index is 2.36. The fraction of sp³-hybridized carbons (Fsp3) is 0.222. The van der Waals surface area contributed by atoms with Gasteiger partial charge in [-0.25, -0.2) is 0 Å². The third-order valence-electron chi connectivity index (χ3n) is 3.90. The fourth-order valence-electron chi connectivity index (χ4n) is 2.62. The highest BCUT2D eigenvalue weighted by molar-refractivity contribution is 5.95. The molecule has 3 rings (SSSR count). The Hall–Kier alpha value is -2.22. The van der Waals surface area contributed by atoms with Gasteiger partial charge in [0.2, 0.25) is 0 Å². The van der Waals surface area contributed by atoms with Gasteiger partial charge >= 0.3 is 0 Å². The van der Waals surface area contributed by atoms with Crippen molar-refractivity contribution in [2.45, 2.75) is 27.7 Å². The second-order valence-electron chi connectivity index (χ2n) is 5.39. The van der Waals surface area contributed by atoms with Crippen molar-refractivity contribution < 1.29 is 0 Å². The van der Waals surface area contributed by atoms with Crippen molar-refractivity contribution in [2.75, 3.05) is 0 Å². The van der Waals surface area contributed by atoms with E-state index < -0.39 is 0 Å². The first kappa shape index (κ1) is 12.8. The first-order valence-electron chi connectivity index (χ1n) is 6.87. The van der Waals surface area contributed by atoms with Crippen LogP contribution in [0.15, 0.2) is 36.5 Å². The van der Waals surface area contributed by atoms with Crippen LogP contribution in [0.1, 0.15) is 22.4 Å². The van der Waals surface area contributed by atoms with E-state index in [4.69, 9.17) is 4.98 Å². The van der Waals surface area contributed by atoms with Gasteiger partial charge in [-0.15, -0.1) is 0 Å². The predicted octanol–water partition coefficient (Wildman–Crippen LogP) is 4.53. The van der Waals surface area contributed by atoms with E-state index in [-0.39, 0.29) is 0 Å². The molecule has 100 valence electrons. The molecule has 0 radical (unpaired) electrons. The van der Waals surface area contributed by atoms with E-state index in [1.807, 2.05) is 12.3 Å². The van der Waals surface area contributed by atoms with Crippen LogP contribution in [0.3, 0.4) is 0 Å². The van der Waals surface area contributed by atoms with Gasteiger partial charge in [-0.1, -0.05) is 24.3 Å². The fourth-order valence-corrected chi connectivity index (χ4v) is 2.62. The van der Waals surface area contributed by atoms with Crippen LogP contribution in [0, 0.1) is 27.7 Å². The third-order valence-corrected chi connectivity index (χ3v) is 3.90. The minimum Gasteiger partial charge on any atom is -0.256 e. The topological polar surface area (TPSA) is 25.8 Å². The minimum absolute atomic E-state index is 1.03. The van der Waals surface area contributed by atoms with Gasteiger partial charge in [-0.05, 0) is 50.5 Å². The van der Waals surface area contributed by atoms with Crippen LogP contribution in [0.4, 0.5) is 0 Å². The summed E-state index contributed by atoms with van der Waals surface area (Å²) in [6, 6.07) is 10.6. The molecular weight excluding hydrogens is 244 g/mol. The van der Waals surface area contributed by atoms with Crippen molar-refractivity contribution in [1.29, 1.82) is 0 Å². The molecule has 0 spiro atoms. The largest absolute Gasteiger partial charge is 0.256 e. The molecule has 2 heteroatoms. The lowest BCUT2D eigenvalue weighted by Crippen LogP contribution is -1.96. The Bertz CT molecular complexity index is 804. The molecule has 0 atom stereocenters. The Morgan fingerprint density at radius 1 is 0.850 bits per heavy atom. The molecule has 0 aliphatic heterocycles. The van der Waals surface area contributed by atoms with E-state index in [0.717, 1.165) is 22.5 Å². The van der Waals surface area contributed by atoms with E-state index in [1.165, 1.54) is 22.1 Å². The van der Waals surface area contributed by atoms with Gasteiger partial charge in [0, 0.05) is 22.8 Å². The predicted molar refractivity (Wildman–Crippen MR) is 83.9 cm³/mol. The van der Waals surface area contributed by atoms with Crippen molar-refractivity contribution in [3.05, 3.63) is 58.9 Å². The van der Waals surface area contributed by atoms with Crippen LogP contribution in [0.25, 0.3) is 22.2 Å². The van der Waals surface area contributed by atoms with Crippen molar-refractivity contribution in [1.82, 2.24) is 9.97 Å². The standard InChI is InChI=1S/C18H18N2/c1-11-7-8-16(18-15(11)6-5-9-19-18)17-13(3)10-12(2)14(4)20-17/h5-10H,1-4H3. The molecule has 2 heterocycles. The van der Waals surface area contributed by atoms with Crippen LogP contribution in [-0.2, 0) is 0 Å². The van der Waals surface area contributed by atoms with Crippen molar-refractivity contribution in [2.24, 2.45) is 0 Å². The maximum atomic E-state index is 4.78. The third kappa shape index (κ3) is 1.97. The monoisotopic (exact) mass is 262 g/mol. The van der Waals surface area contributed by atoms with E-state index in [0.29, 0.717) is 0 Å². The Morgan fingerprint density at radius 2 is 1.65 bits per heavy atom. The highest BCUT2D eigenvalue weighted by Gasteiger charge is 2.11. The SMILES string of the molecule is Cc1cc(C)c(-c2ccc(C)c3cccnc23)nc1C. The maximum absolute atomic E-state index is 4.78. The number of rotatable bonds is 1. The molecule has 0 saturated heterocycles. The second kappa shape index (κ2) is 4.71. The number of nitrogens with zero attached hydrogens (tertiary/aromatic N) is 2. The molecule has 3 aromatic rings. The van der Waals surface area contributed by atoms with E-state index in [9.17, 15) is 0 Å². The second-order valence-corrected chi connectivity index (χ2v) is 5.39. The number of aryl methyl sites for hydroxylation is 4. The molecular formula is C18H18N2. The number of hydrogen-bond donors (Lipinski definition) is 0. The number of benzene rings is 1. The van der Waals surface area contributed by atoms with Crippen LogP contribution < -0.4 is 0 Å². The zero-order valence-corrected chi connectivity index (χ0v) is 12.4. The average molecular weight is 262 g/mol. The highest BCUT2D eigenvalue weighted by atomic mass is 14.7. The van der Waals surface area contributed by atoms with Gasteiger partial charge in [0.1, 0.15) is 0 Å². The minimum atomic E-state index is 1.03. The summed E-state index contributed by atoms with van der Waals surface area (Å²) >= 11 is 0. The molecule has 0 aliphatic rings. The molecule has 0 fully saturated rings. The normalized spacial score (nSPS) is 11.0. The lowest BCUT2D eigenvalue weighted by Gasteiger charge is -2.12. The molecule has 0 aliphatic carbocycles. The van der Waals surface area contributed by atoms with Gasteiger partial charge in [-0.2, -0.15) is 0 Å². The molecule has 20 heavy (non-hydrogen) atoms. The van der Waals surface area contributed by atoms with E-state index >= 15 is 0 Å². The molecule has 0 N–H and O–H groups in total. The molecule has 2 nitrogen and oxygen atoms in total. The molecule has 1 aromatic carbocycles. The lowest BCUT2D eigenvalue weighted by atomic mass is 9.99. The summed E-state index contributed by atoms with van der Waals surface area (Å²) in [5, 5.41) is 1.20. The summed E-state index contributed by atoms with van der Waals surface area (Å²) in [6.45, 7) is 8.39. The summed E-state index contributed by atoms with van der Waals surface area (Å²) in [6.07, 6.45) is 1.85. The molecule has 0 saturated carbocycles. The smallest absolute Gasteiger partial charge is 0.0798 e. The van der Waals surface area contributed by atoms with E-state index in [2.05, 4.69) is 56.9 Å². The van der Waals surface area contributed by atoms with Crippen LogP contribution in [0.2, 0.25) is 0 Å². The summed E-state index contributed by atoms with van der Waals surface area (Å²) in [5.41, 5.74) is 7.95. The average Bonchev–Trinajstić information content (AvgIpc) is 2.44.